The van der Waals surface area contributed by atoms with E-state index >= 15 is 0 Å². The zero-order valence-corrected chi connectivity index (χ0v) is 11.0. The van der Waals surface area contributed by atoms with Gasteiger partial charge in [-0.3, -0.25) is 0 Å². The second-order valence-electron chi connectivity index (χ2n) is 4.51. The number of anilines is 2. The van der Waals surface area contributed by atoms with Crippen molar-refractivity contribution in [1.29, 1.82) is 0 Å². The fourth-order valence-electron chi connectivity index (χ4n) is 1.80. The standard InChI is InChI=1S/C14H14F3N3O/c15-14(16,17)10-7-12(18)20-13(8-10)19-6-5-9-1-3-11(21)4-2-9/h1-4,7-8,21H,5-6H2,(H3,18,19,20). The second-order valence-corrected chi connectivity index (χ2v) is 4.51. The van der Waals surface area contributed by atoms with Crippen LogP contribution in [0.4, 0.5) is 24.8 Å². The zero-order chi connectivity index (χ0) is 15.5. The number of pyridine rings is 1. The van der Waals surface area contributed by atoms with E-state index < -0.39 is 11.7 Å². The van der Waals surface area contributed by atoms with Crippen LogP contribution in [-0.2, 0) is 12.6 Å². The van der Waals surface area contributed by atoms with E-state index in [9.17, 15) is 13.2 Å². The molecule has 2 rings (SSSR count). The molecular formula is C14H14F3N3O. The number of nitrogen functional groups attached to an aromatic ring is 1. The number of hydrogen-bond donors (Lipinski definition) is 3. The predicted molar refractivity (Wildman–Crippen MR) is 74.0 cm³/mol. The highest BCUT2D eigenvalue weighted by Crippen LogP contribution is 2.31. The Balaban J connectivity index is 2.00. The number of benzene rings is 1. The molecule has 0 aliphatic rings. The quantitative estimate of drug-likeness (QED) is 0.811. The Bertz CT molecular complexity index is 612. The molecule has 0 spiro atoms. The lowest BCUT2D eigenvalue weighted by Gasteiger charge is -2.11. The minimum absolute atomic E-state index is 0.0844. The third-order valence-corrected chi connectivity index (χ3v) is 2.83. The van der Waals surface area contributed by atoms with E-state index in [1.54, 1.807) is 24.3 Å². The summed E-state index contributed by atoms with van der Waals surface area (Å²) in [6.45, 7) is 0.401. The van der Waals surface area contributed by atoms with Gasteiger partial charge in [0.05, 0.1) is 5.56 Å². The molecule has 21 heavy (non-hydrogen) atoms. The summed E-state index contributed by atoms with van der Waals surface area (Å²) in [5.74, 6) is 0.0667. The normalized spacial score (nSPS) is 11.4. The van der Waals surface area contributed by atoms with E-state index in [0.717, 1.165) is 17.7 Å². The lowest BCUT2D eigenvalue weighted by Crippen LogP contribution is -2.11. The molecule has 0 radical (unpaired) electrons. The summed E-state index contributed by atoms with van der Waals surface area (Å²) in [5.41, 5.74) is 5.49. The molecular weight excluding hydrogens is 283 g/mol. The van der Waals surface area contributed by atoms with Gasteiger partial charge in [-0.2, -0.15) is 13.2 Å². The van der Waals surface area contributed by atoms with Crippen molar-refractivity contribution in [1.82, 2.24) is 4.98 Å². The van der Waals surface area contributed by atoms with Crippen LogP contribution in [0.5, 0.6) is 5.75 Å². The van der Waals surface area contributed by atoms with E-state index in [4.69, 9.17) is 10.8 Å². The van der Waals surface area contributed by atoms with Gasteiger partial charge in [-0.25, -0.2) is 4.98 Å². The maximum atomic E-state index is 12.6. The van der Waals surface area contributed by atoms with Crippen molar-refractivity contribution in [2.45, 2.75) is 12.6 Å². The van der Waals surface area contributed by atoms with Gasteiger partial charge in [0.2, 0.25) is 0 Å². The molecule has 0 saturated heterocycles. The van der Waals surface area contributed by atoms with E-state index in [-0.39, 0.29) is 17.4 Å². The number of halogens is 3. The molecule has 7 heteroatoms. The Labute approximate surface area is 119 Å². The molecule has 1 heterocycles. The minimum Gasteiger partial charge on any atom is -0.508 e. The number of nitrogens with zero attached hydrogens (tertiary/aromatic N) is 1. The summed E-state index contributed by atoms with van der Waals surface area (Å²) in [4.78, 5) is 3.82. The lowest BCUT2D eigenvalue weighted by molar-refractivity contribution is -0.137. The Kier molecular flexibility index (Phi) is 4.21. The van der Waals surface area contributed by atoms with Crippen molar-refractivity contribution in [3.63, 3.8) is 0 Å². The molecule has 0 atom stereocenters. The fourth-order valence-corrected chi connectivity index (χ4v) is 1.80. The van der Waals surface area contributed by atoms with E-state index in [2.05, 4.69) is 10.3 Å². The average Bonchev–Trinajstić information content (AvgIpc) is 2.39. The van der Waals surface area contributed by atoms with Gasteiger partial charge in [0.15, 0.2) is 0 Å². The van der Waals surface area contributed by atoms with Gasteiger partial charge in [0.25, 0.3) is 0 Å². The first kappa shape index (κ1) is 15.0. The number of nitrogens with one attached hydrogen (secondary N) is 1. The molecule has 0 bridgehead atoms. The minimum atomic E-state index is -4.45. The van der Waals surface area contributed by atoms with Crippen LogP contribution in [0.15, 0.2) is 36.4 Å². The lowest BCUT2D eigenvalue weighted by atomic mass is 10.1. The van der Waals surface area contributed by atoms with Crippen molar-refractivity contribution < 1.29 is 18.3 Å². The van der Waals surface area contributed by atoms with Crippen LogP contribution < -0.4 is 11.1 Å². The SMILES string of the molecule is Nc1cc(C(F)(F)F)cc(NCCc2ccc(O)cc2)n1. The van der Waals surface area contributed by atoms with Crippen molar-refractivity contribution in [2.24, 2.45) is 0 Å². The largest absolute Gasteiger partial charge is 0.508 e. The Morgan fingerprint density at radius 1 is 1.14 bits per heavy atom. The van der Waals surface area contributed by atoms with E-state index in [1.165, 1.54) is 0 Å². The number of nitrogens with two attached hydrogens (primary N) is 1. The second kappa shape index (κ2) is 5.90. The summed E-state index contributed by atoms with van der Waals surface area (Å²) in [7, 11) is 0. The average molecular weight is 297 g/mol. The highest BCUT2D eigenvalue weighted by Gasteiger charge is 2.31. The number of aromatic nitrogens is 1. The number of phenols is 1. The Hall–Kier alpha value is -2.44. The molecule has 1 aromatic heterocycles. The summed E-state index contributed by atoms with van der Waals surface area (Å²) in [6.07, 6.45) is -3.87. The van der Waals surface area contributed by atoms with Crippen LogP contribution in [0, 0.1) is 0 Å². The van der Waals surface area contributed by atoms with Gasteiger partial charge in [0.1, 0.15) is 17.4 Å². The number of aromatic hydroxyl groups is 1. The first-order chi connectivity index (χ1) is 9.84. The molecule has 2 aromatic rings. The smallest absolute Gasteiger partial charge is 0.416 e. The molecule has 0 amide bonds. The van der Waals surface area contributed by atoms with Gasteiger partial charge in [0, 0.05) is 6.54 Å². The molecule has 0 unspecified atom stereocenters. The van der Waals surface area contributed by atoms with Gasteiger partial charge in [-0.05, 0) is 36.2 Å². The maximum absolute atomic E-state index is 12.6. The number of hydrogen-bond acceptors (Lipinski definition) is 4. The molecule has 1 aromatic carbocycles. The van der Waals surface area contributed by atoms with Crippen molar-refractivity contribution in [3.05, 3.63) is 47.5 Å². The topological polar surface area (TPSA) is 71.2 Å². The Morgan fingerprint density at radius 3 is 2.43 bits per heavy atom. The molecule has 0 aliphatic heterocycles. The summed E-state index contributed by atoms with van der Waals surface area (Å²) < 4.78 is 37.9. The van der Waals surface area contributed by atoms with Crippen LogP contribution in [-0.4, -0.2) is 16.6 Å². The summed E-state index contributed by atoms with van der Waals surface area (Å²) in [5, 5.41) is 12.0. The number of rotatable bonds is 4. The molecule has 112 valence electrons. The third-order valence-electron chi connectivity index (χ3n) is 2.83. The molecule has 0 fully saturated rings. The van der Waals surface area contributed by atoms with Gasteiger partial charge >= 0.3 is 6.18 Å². The molecule has 0 saturated carbocycles. The van der Waals surface area contributed by atoms with Crippen molar-refractivity contribution in [3.8, 4) is 5.75 Å². The predicted octanol–water partition coefficient (Wildman–Crippen LogP) is 3.04. The monoisotopic (exact) mass is 297 g/mol. The van der Waals surface area contributed by atoms with E-state index in [0.29, 0.717) is 13.0 Å². The maximum Gasteiger partial charge on any atom is 0.416 e. The van der Waals surface area contributed by atoms with Crippen LogP contribution in [0.1, 0.15) is 11.1 Å². The highest BCUT2D eigenvalue weighted by molar-refractivity contribution is 5.47. The first-order valence-electron chi connectivity index (χ1n) is 6.21. The Morgan fingerprint density at radius 2 is 1.81 bits per heavy atom. The van der Waals surface area contributed by atoms with Crippen LogP contribution in [0.25, 0.3) is 0 Å². The van der Waals surface area contributed by atoms with Crippen molar-refractivity contribution >= 4 is 11.6 Å². The number of phenolic OH excluding ortho intramolecular Hbond substituents is 1. The zero-order valence-electron chi connectivity index (χ0n) is 11.0. The van der Waals surface area contributed by atoms with Gasteiger partial charge in [-0.1, -0.05) is 12.1 Å². The fraction of sp³-hybridized carbons (Fsp3) is 0.214. The molecule has 4 N–H and O–H groups in total. The van der Waals surface area contributed by atoms with Gasteiger partial charge in [-0.15, -0.1) is 0 Å². The van der Waals surface area contributed by atoms with Crippen LogP contribution in [0.2, 0.25) is 0 Å². The summed E-state index contributed by atoms with van der Waals surface area (Å²) >= 11 is 0. The first-order valence-corrected chi connectivity index (χ1v) is 6.21. The molecule has 0 aliphatic carbocycles. The summed E-state index contributed by atoms with van der Waals surface area (Å²) in [6, 6.07) is 8.31. The van der Waals surface area contributed by atoms with Gasteiger partial charge < -0.3 is 16.2 Å². The molecule has 4 nitrogen and oxygen atoms in total. The third kappa shape index (κ3) is 4.27. The van der Waals surface area contributed by atoms with Crippen molar-refractivity contribution in [2.75, 3.05) is 17.6 Å². The van der Waals surface area contributed by atoms with E-state index in [1.807, 2.05) is 0 Å². The van der Waals surface area contributed by atoms with Crippen LogP contribution >= 0.6 is 0 Å². The van der Waals surface area contributed by atoms with Crippen LogP contribution in [0.3, 0.4) is 0 Å². The highest BCUT2D eigenvalue weighted by atomic mass is 19.4. The number of alkyl halides is 3.